The highest BCUT2D eigenvalue weighted by Crippen LogP contribution is 2.44. The lowest BCUT2D eigenvalue weighted by Crippen LogP contribution is -2.31. The number of amides is 1. The summed E-state index contributed by atoms with van der Waals surface area (Å²) in [4.78, 5) is 15.8. The molecule has 0 saturated heterocycles. The quantitative estimate of drug-likeness (QED) is 0.416. The Morgan fingerprint density at radius 3 is 2.26 bits per heavy atom. The van der Waals surface area contributed by atoms with Gasteiger partial charge in [-0.05, 0) is 34.7 Å². The number of alkyl carbamates (subject to hydrolysis) is 1. The molecule has 2 unspecified atom stereocenters. The summed E-state index contributed by atoms with van der Waals surface area (Å²) >= 11 is 5.81. The Labute approximate surface area is 204 Å². The third-order valence-electron chi connectivity index (χ3n) is 5.89. The van der Waals surface area contributed by atoms with Gasteiger partial charge in [0.25, 0.3) is 0 Å². The van der Waals surface area contributed by atoms with Crippen molar-refractivity contribution >= 4 is 17.7 Å². The van der Waals surface area contributed by atoms with Crippen LogP contribution in [0.3, 0.4) is 0 Å². The molecular weight excluding hydrogens is 485 g/mol. The Balaban J connectivity index is 1.28. The van der Waals surface area contributed by atoms with Gasteiger partial charge < -0.3 is 20.3 Å². The van der Waals surface area contributed by atoms with Gasteiger partial charge in [-0.3, -0.25) is 4.98 Å². The first kappa shape index (κ1) is 25.0. The van der Waals surface area contributed by atoms with Gasteiger partial charge in [-0.1, -0.05) is 60.1 Å². The molecule has 0 spiro atoms. The van der Waals surface area contributed by atoms with Crippen LogP contribution in [0.25, 0.3) is 11.1 Å². The Hall–Kier alpha value is -3.14. The second-order valence-electron chi connectivity index (χ2n) is 8.14. The normalized spacial score (nSPS) is 14.7. The number of hydrogen-bond donors (Lipinski definition) is 3. The minimum atomic E-state index is -4.63. The zero-order valence-electron chi connectivity index (χ0n) is 18.3. The summed E-state index contributed by atoms with van der Waals surface area (Å²) in [6, 6.07) is 16.5. The standard InChI is InChI=1S/C25H22ClF3N2O4/c26-20-11-14(25(27,28)29)12-31-22(20)23(33)21(32)9-10-30-24(34)35-13-19-17-7-3-1-5-15(17)16-6-2-4-8-18(16)19/h1-8,11-12,19,21,23,32-33H,9-10,13H2,(H,30,34). The smallest absolute Gasteiger partial charge is 0.417 e. The van der Waals surface area contributed by atoms with Gasteiger partial charge in [-0.25, -0.2) is 4.79 Å². The fourth-order valence-corrected chi connectivity index (χ4v) is 4.41. The average Bonchev–Trinajstić information content (AvgIpc) is 3.15. The van der Waals surface area contributed by atoms with E-state index >= 15 is 0 Å². The molecule has 0 saturated carbocycles. The molecule has 0 aliphatic heterocycles. The maximum Gasteiger partial charge on any atom is 0.417 e. The van der Waals surface area contributed by atoms with E-state index in [0.717, 1.165) is 22.3 Å². The minimum absolute atomic E-state index is 0.0485. The molecule has 2 aromatic carbocycles. The van der Waals surface area contributed by atoms with Gasteiger partial charge >= 0.3 is 12.3 Å². The number of carbonyl (C=O) groups excluding carboxylic acids is 1. The lowest BCUT2D eigenvalue weighted by molar-refractivity contribution is -0.137. The first-order chi connectivity index (χ1) is 16.7. The fraction of sp³-hybridized carbons (Fsp3) is 0.280. The van der Waals surface area contributed by atoms with E-state index in [1.807, 2.05) is 48.5 Å². The van der Waals surface area contributed by atoms with Crippen molar-refractivity contribution in [3.63, 3.8) is 0 Å². The van der Waals surface area contributed by atoms with Crippen molar-refractivity contribution in [2.75, 3.05) is 13.2 Å². The number of rotatable bonds is 7. The molecule has 0 bridgehead atoms. The van der Waals surface area contributed by atoms with Crippen molar-refractivity contribution in [3.05, 3.63) is 88.2 Å². The molecule has 0 radical (unpaired) electrons. The number of nitrogens with one attached hydrogen (secondary N) is 1. The van der Waals surface area contributed by atoms with Crippen LogP contribution < -0.4 is 5.32 Å². The van der Waals surface area contributed by atoms with E-state index in [9.17, 15) is 28.2 Å². The predicted molar refractivity (Wildman–Crippen MR) is 123 cm³/mol. The molecule has 1 amide bonds. The van der Waals surface area contributed by atoms with E-state index in [2.05, 4.69) is 10.3 Å². The van der Waals surface area contributed by atoms with Gasteiger partial charge in [0.15, 0.2) is 0 Å². The van der Waals surface area contributed by atoms with Crippen molar-refractivity contribution in [3.8, 4) is 11.1 Å². The summed E-state index contributed by atoms with van der Waals surface area (Å²) in [5.74, 6) is -0.103. The number of alkyl halides is 3. The highest BCUT2D eigenvalue weighted by molar-refractivity contribution is 6.31. The van der Waals surface area contributed by atoms with Crippen LogP contribution in [0, 0.1) is 0 Å². The summed E-state index contributed by atoms with van der Waals surface area (Å²) in [7, 11) is 0. The van der Waals surface area contributed by atoms with Gasteiger partial charge in [0.05, 0.1) is 22.4 Å². The van der Waals surface area contributed by atoms with Crippen molar-refractivity contribution in [1.29, 1.82) is 0 Å². The van der Waals surface area contributed by atoms with Gasteiger partial charge in [-0.15, -0.1) is 0 Å². The second kappa shape index (κ2) is 10.2. The number of pyridine rings is 1. The lowest BCUT2D eigenvalue weighted by atomic mass is 9.98. The SMILES string of the molecule is O=C(NCCC(O)C(O)c1ncc(C(F)(F)F)cc1Cl)OCC1c2ccccc2-c2ccccc21. The summed E-state index contributed by atoms with van der Waals surface area (Å²) in [5, 5.41) is 22.5. The third kappa shape index (κ3) is 5.42. The fourth-order valence-electron chi connectivity index (χ4n) is 4.13. The average molecular weight is 507 g/mol. The van der Waals surface area contributed by atoms with Crippen molar-refractivity contribution < 1.29 is 32.9 Å². The summed E-state index contributed by atoms with van der Waals surface area (Å²) < 4.78 is 43.6. The Bertz CT molecular complexity index is 1180. The van der Waals surface area contributed by atoms with Gasteiger partial charge in [-0.2, -0.15) is 13.2 Å². The molecule has 1 aromatic heterocycles. The van der Waals surface area contributed by atoms with Crippen LogP contribution in [0.2, 0.25) is 5.02 Å². The number of hydrogen-bond acceptors (Lipinski definition) is 5. The number of halogens is 4. The number of fused-ring (bicyclic) bond motifs is 3. The van der Waals surface area contributed by atoms with Crippen LogP contribution in [0.4, 0.5) is 18.0 Å². The van der Waals surface area contributed by atoms with Crippen LogP contribution in [0.1, 0.15) is 40.8 Å². The Morgan fingerprint density at radius 1 is 1.09 bits per heavy atom. The van der Waals surface area contributed by atoms with E-state index in [0.29, 0.717) is 12.3 Å². The maximum absolute atomic E-state index is 12.7. The Kier molecular flexibility index (Phi) is 7.30. The first-order valence-electron chi connectivity index (χ1n) is 10.8. The van der Waals surface area contributed by atoms with Crippen LogP contribution >= 0.6 is 11.6 Å². The first-order valence-corrected chi connectivity index (χ1v) is 11.2. The zero-order chi connectivity index (χ0) is 25.2. The number of aromatic nitrogens is 1. The van der Waals surface area contributed by atoms with Crippen LogP contribution in [-0.4, -0.2) is 40.5 Å². The zero-order valence-corrected chi connectivity index (χ0v) is 19.1. The number of benzene rings is 2. The van der Waals surface area contributed by atoms with E-state index in [1.165, 1.54) is 0 Å². The number of carbonyl (C=O) groups is 1. The molecule has 10 heteroatoms. The number of ether oxygens (including phenoxy) is 1. The van der Waals surface area contributed by atoms with Crippen molar-refractivity contribution in [2.24, 2.45) is 0 Å². The lowest BCUT2D eigenvalue weighted by Gasteiger charge is -2.19. The van der Waals surface area contributed by atoms with Crippen LogP contribution in [0.5, 0.6) is 0 Å². The summed E-state index contributed by atoms with van der Waals surface area (Å²) in [5.41, 5.74) is 3.00. The molecule has 3 N–H and O–H groups in total. The summed E-state index contributed by atoms with van der Waals surface area (Å²) in [6.45, 7) is 0.0727. The molecule has 4 rings (SSSR count). The number of aliphatic hydroxyl groups is 2. The molecule has 1 aliphatic carbocycles. The van der Waals surface area contributed by atoms with E-state index in [4.69, 9.17) is 16.3 Å². The highest BCUT2D eigenvalue weighted by atomic mass is 35.5. The molecular formula is C25H22ClF3N2O4. The number of aliphatic hydroxyl groups excluding tert-OH is 2. The molecule has 1 heterocycles. The van der Waals surface area contributed by atoms with Gasteiger partial charge in [0.2, 0.25) is 0 Å². The second-order valence-corrected chi connectivity index (χ2v) is 8.55. The molecule has 184 valence electrons. The van der Waals surface area contributed by atoms with Crippen molar-refractivity contribution in [2.45, 2.75) is 30.7 Å². The van der Waals surface area contributed by atoms with Gasteiger partial charge in [0, 0.05) is 18.7 Å². The van der Waals surface area contributed by atoms with E-state index in [1.54, 1.807) is 0 Å². The molecule has 35 heavy (non-hydrogen) atoms. The predicted octanol–water partition coefficient (Wildman–Crippen LogP) is 5.08. The molecule has 0 fully saturated rings. The number of nitrogens with zero attached hydrogens (tertiary/aromatic N) is 1. The largest absolute Gasteiger partial charge is 0.449 e. The molecule has 2 atom stereocenters. The third-order valence-corrected chi connectivity index (χ3v) is 6.20. The van der Waals surface area contributed by atoms with E-state index in [-0.39, 0.29) is 31.2 Å². The van der Waals surface area contributed by atoms with Crippen LogP contribution in [-0.2, 0) is 10.9 Å². The van der Waals surface area contributed by atoms with E-state index < -0.39 is 35.1 Å². The maximum atomic E-state index is 12.7. The monoisotopic (exact) mass is 506 g/mol. The van der Waals surface area contributed by atoms with Gasteiger partial charge in [0.1, 0.15) is 12.7 Å². The molecule has 1 aliphatic rings. The van der Waals surface area contributed by atoms with Crippen LogP contribution in [0.15, 0.2) is 60.8 Å². The molecule has 3 aromatic rings. The van der Waals surface area contributed by atoms with Crippen molar-refractivity contribution in [1.82, 2.24) is 10.3 Å². The summed E-state index contributed by atoms with van der Waals surface area (Å²) in [6.07, 6.45) is -7.96. The molecule has 6 nitrogen and oxygen atoms in total. The Morgan fingerprint density at radius 2 is 1.69 bits per heavy atom. The topological polar surface area (TPSA) is 91.7 Å². The minimum Gasteiger partial charge on any atom is -0.449 e. The highest BCUT2D eigenvalue weighted by Gasteiger charge is 2.33.